The molecule has 0 amide bonds. The molecule has 4 heteroatoms. The van der Waals surface area contributed by atoms with Gasteiger partial charge >= 0.3 is 0 Å². The Hall–Kier alpha value is -3.95. The van der Waals surface area contributed by atoms with Crippen LogP contribution in [0, 0.1) is 18.1 Å². The van der Waals surface area contributed by atoms with E-state index in [9.17, 15) is 0 Å². The van der Waals surface area contributed by atoms with Gasteiger partial charge in [-0.2, -0.15) is 0 Å². The minimum absolute atomic E-state index is 0. The Labute approximate surface area is 301 Å². The number of hydrogen-bond acceptors (Lipinski definition) is 2. The Kier molecular flexibility index (Phi) is 11.1. The van der Waals surface area contributed by atoms with Crippen LogP contribution in [-0.2, 0) is 26.5 Å². The Morgan fingerprint density at radius 1 is 0.625 bits per heavy atom. The van der Waals surface area contributed by atoms with Gasteiger partial charge in [-0.3, -0.25) is 0 Å². The molecule has 0 saturated heterocycles. The second-order valence-electron chi connectivity index (χ2n) is 14.2. The van der Waals surface area contributed by atoms with E-state index in [0.717, 1.165) is 28.9 Å². The quantitative estimate of drug-likeness (QED) is 0.0949. The maximum absolute atomic E-state index is 4.69. The Morgan fingerprint density at radius 3 is 1.81 bits per heavy atom. The van der Waals surface area contributed by atoms with Crippen LogP contribution in [0.3, 0.4) is 0 Å². The van der Waals surface area contributed by atoms with Crippen LogP contribution < -0.4 is 5.19 Å². The topological polar surface area (TPSA) is 25.8 Å². The van der Waals surface area contributed by atoms with Gasteiger partial charge < -0.3 is 9.97 Å². The largest absolute Gasteiger partial charge is 0.305 e. The van der Waals surface area contributed by atoms with E-state index in [4.69, 9.17) is 0 Å². The van der Waals surface area contributed by atoms with Crippen molar-refractivity contribution in [3.05, 3.63) is 139 Å². The molecule has 2 nitrogen and oxygen atoms in total. The molecule has 48 heavy (non-hydrogen) atoms. The first-order chi connectivity index (χ1) is 22.6. The Morgan fingerprint density at radius 2 is 1.23 bits per heavy atom. The molecule has 0 aliphatic carbocycles. The number of fused-ring (bicyclic) bond motifs is 6. The number of benzene rings is 5. The molecule has 2 heterocycles. The van der Waals surface area contributed by atoms with Crippen molar-refractivity contribution in [1.29, 1.82) is 0 Å². The standard InChI is InChI=1S/C26H20N.C18H24NSi.Ir/c1-17(2)18-13-14-27-26(16-18)19-11-12-24-22-9-4-3-7-20(22)21-8-5-6-10-23(21)25(24)15-19;1-14(2)11-16-12-17(15-9-7-6-8-10-15)19-13-18(16)20(3,4)5;/h3-10,12-17H,1-2H3;6-9,12-14H,11H2,1-5H3;/q2*-1;. The van der Waals surface area contributed by atoms with Crippen LogP contribution in [0.2, 0.25) is 19.6 Å². The van der Waals surface area contributed by atoms with Crippen LogP contribution in [0.1, 0.15) is 44.7 Å². The normalized spacial score (nSPS) is 11.5. The zero-order valence-corrected chi connectivity index (χ0v) is 32.5. The molecule has 0 spiro atoms. The van der Waals surface area contributed by atoms with Crippen LogP contribution in [-0.4, -0.2) is 18.0 Å². The molecule has 1 radical (unpaired) electrons. The molecular formula is C44H44IrN2Si-2. The van der Waals surface area contributed by atoms with E-state index in [0.29, 0.717) is 11.8 Å². The fraction of sp³-hybridized carbons (Fsp3) is 0.227. The molecule has 7 rings (SSSR count). The summed E-state index contributed by atoms with van der Waals surface area (Å²) in [5.74, 6) is 1.15. The van der Waals surface area contributed by atoms with E-state index in [1.807, 2.05) is 24.4 Å². The fourth-order valence-corrected chi connectivity index (χ4v) is 8.01. The van der Waals surface area contributed by atoms with Crippen LogP contribution in [0.25, 0.3) is 54.8 Å². The van der Waals surface area contributed by atoms with Crippen molar-refractivity contribution < 1.29 is 20.1 Å². The van der Waals surface area contributed by atoms with E-state index >= 15 is 0 Å². The van der Waals surface area contributed by atoms with Gasteiger partial charge in [0, 0.05) is 32.5 Å². The summed E-state index contributed by atoms with van der Waals surface area (Å²) in [7, 11) is -1.34. The van der Waals surface area contributed by atoms with Gasteiger partial charge in [-0.05, 0) is 57.1 Å². The zero-order chi connectivity index (χ0) is 33.1. The van der Waals surface area contributed by atoms with E-state index in [-0.39, 0.29) is 20.1 Å². The fourth-order valence-electron chi connectivity index (χ4n) is 6.43. The summed E-state index contributed by atoms with van der Waals surface area (Å²) in [6.07, 6.45) is 5.14. The summed E-state index contributed by atoms with van der Waals surface area (Å²) in [6, 6.07) is 43.1. The predicted octanol–water partition coefficient (Wildman–Crippen LogP) is 11.4. The van der Waals surface area contributed by atoms with Crippen molar-refractivity contribution in [3.63, 3.8) is 0 Å². The molecule has 7 aromatic rings. The molecule has 0 N–H and O–H groups in total. The smallest absolute Gasteiger partial charge is 0.0798 e. The van der Waals surface area contributed by atoms with Gasteiger partial charge in [-0.25, -0.2) is 0 Å². The van der Waals surface area contributed by atoms with E-state index in [1.165, 1.54) is 48.6 Å². The Balaban J connectivity index is 0.000000193. The average molecular weight is 821 g/mol. The third-order valence-corrected chi connectivity index (χ3v) is 10.9. The van der Waals surface area contributed by atoms with Gasteiger partial charge in [0.2, 0.25) is 0 Å². The summed E-state index contributed by atoms with van der Waals surface area (Å²) in [4.78, 5) is 9.30. The molecule has 0 aliphatic rings. The summed E-state index contributed by atoms with van der Waals surface area (Å²) in [5, 5.41) is 9.14. The molecule has 0 aliphatic heterocycles. The average Bonchev–Trinajstić information content (AvgIpc) is 3.08. The summed E-state index contributed by atoms with van der Waals surface area (Å²) >= 11 is 0. The third-order valence-electron chi connectivity index (χ3n) is 8.81. The summed E-state index contributed by atoms with van der Waals surface area (Å²) in [6.45, 7) is 16.2. The van der Waals surface area contributed by atoms with Crippen LogP contribution in [0.4, 0.5) is 0 Å². The molecule has 0 atom stereocenters. The summed E-state index contributed by atoms with van der Waals surface area (Å²) < 4.78 is 0. The van der Waals surface area contributed by atoms with Crippen LogP contribution >= 0.6 is 0 Å². The van der Waals surface area contributed by atoms with Crippen LogP contribution in [0.15, 0.2) is 116 Å². The molecule has 0 unspecified atom stereocenters. The Bertz CT molecular complexity index is 2130. The van der Waals surface area contributed by atoms with Crippen molar-refractivity contribution in [2.24, 2.45) is 5.92 Å². The minimum Gasteiger partial charge on any atom is -0.305 e. The number of hydrogen-bond donors (Lipinski definition) is 0. The molecule has 245 valence electrons. The van der Waals surface area contributed by atoms with Crippen molar-refractivity contribution in [3.8, 4) is 22.5 Å². The van der Waals surface area contributed by atoms with Gasteiger partial charge in [-0.15, -0.1) is 59.7 Å². The van der Waals surface area contributed by atoms with E-state index < -0.39 is 8.07 Å². The maximum atomic E-state index is 4.69. The summed E-state index contributed by atoms with van der Waals surface area (Å²) in [5.41, 5.74) is 6.94. The van der Waals surface area contributed by atoms with Crippen LogP contribution in [0.5, 0.6) is 0 Å². The van der Waals surface area contributed by atoms with Crippen molar-refractivity contribution in [2.75, 3.05) is 0 Å². The molecule has 5 aromatic carbocycles. The van der Waals surface area contributed by atoms with Gasteiger partial charge in [0.1, 0.15) is 0 Å². The number of rotatable bonds is 6. The first-order valence-corrected chi connectivity index (χ1v) is 20.3. The van der Waals surface area contributed by atoms with Gasteiger partial charge in [0.05, 0.1) is 8.07 Å². The van der Waals surface area contributed by atoms with E-state index in [1.54, 1.807) is 0 Å². The number of aromatic nitrogens is 2. The molecule has 0 fully saturated rings. The van der Waals surface area contributed by atoms with E-state index in [2.05, 4.69) is 161 Å². The maximum Gasteiger partial charge on any atom is 0.0798 e. The minimum atomic E-state index is -1.34. The van der Waals surface area contributed by atoms with Gasteiger partial charge in [0.15, 0.2) is 0 Å². The van der Waals surface area contributed by atoms with Crippen molar-refractivity contribution in [2.45, 2.75) is 59.7 Å². The second kappa shape index (κ2) is 15.1. The monoisotopic (exact) mass is 821 g/mol. The predicted molar refractivity (Wildman–Crippen MR) is 205 cm³/mol. The molecule has 0 bridgehead atoms. The van der Waals surface area contributed by atoms with Gasteiger partial charge in [0.25, 0.3) is 0 Å². The van der Waals surface area contributed by atoms with Crippen molar-refractivity contribution in [1.82, 2.24) is 9.97 Å². The van der Waals surface area contributed by atoms with Crippen molar-refractivity contribution >= 4 is 45.6 Å². The zero-order valence-electron chi connectivity index (χ0n) is 29.1. The molecular weight excluding hydrogens is 777 g/mol. The first-order valence-electron chi connectivity index (χ1n) is 16.8. The molecule has 0 saturated carbocycles. The number of pyridine rings is 2. The third kappa shape index (κ3) is 7.68. The number of nitrogens with zero attached hydrogens (tertiary/aromatic N) is 2. The van der Waals surface area contributed by atoms with Gasteiger partial charge in [-0.1, -0.05) is 135 Å². The first kappa shape index (κ1) is 35.4. The molecule has 2 aromatic heterocycles. The SMILES string of the molecule is CC(C)Cc1cc(-c2[c-]cccc2)ncc1[Si](C)(C)C.CC(C)c1ccnc(-c2[c-]cc3c4ccccc4c4ccccc4c3c2)c1.[Ir]. The second-order valence-corrected chi connectivity index (χ2v) is 19.3.